The van der Waals surface area contributed by atoms with E-state index in [1.165, 1.54) is 0 Å². The van der Waals surface area contributed by atoms with Crippen molar-refractivity contribution in [3.05, 3.63) is 101 Å². The molecule has 0 fully saturated rings. The highest BCUT2D eigenvalue weighted by Crippen LogP contribution is 2.37. The molecule has 6 rings (SSSR count). The number of benzene rings is 3. The topological polar surface area (TPSA) is 46.0 Å². The van der Waals surface area contributed by atoms with Gasteiger partial charge in [0.2, 0.25) is 0 Å². The molecule has 0 spiro atoms. The van der Waals surface area contributed by atoms with E-state index >= 15 is 0 Å². The summed E-state index contributed by atoms with van der Waals surface area (Å²) in [5, 5.41) is 7.42. The molecule has 0 bridgehead atoms. The van der Waals surface area contributed by atoms with Crippen LogP contribution in [-0.2, 0) is 0 Å². The predicted molar refractivity (Wildman–Crippen MR) is 131 cm³/mol. The zero-order chi connectivity index (χ0) is 21.7. The molecule has 6 heteroatoms. The summed E-state index contributed by atoms with van der Waals surface area (Å²) in [6, 6.07) is 27.8. The number of halogens is 2. The van der Waals surface area contributed by atoms with Crippen molar-refractivity contribution in [1.82, 2.24) is 19.6 Å². The Hall–Kier alpha value is -3.60. The van der Waals surface area contributed by atoms with Gasteiger partial charge in [-0.2, -0.15) is 5.10 Å². The summed E-state index contributed by atoms with van der Waals surface area (Å²) in [5.41, 5.74) is 7.26. The van der Waals surface area contributed by atoms with E-state index in [0.717, 1.165) is 50.3 Å². The maximum Gasteiger partial charge on any atom is 0.156 e. The molecule has 0 radical (unpaired) electrons. The van der Waals surface area contributed by atoms with E-state index in [1.54, 1.807) is 0 Å². The Kier molecular flexibility index (Phi) is 4.49. The fourth-order valence-electron chi connectivity index (χ4n) is 4.04. The second kappa shape index (κ2) is 7.52. The van der Waals surface area contributed by atoms with E-state index in [9.17, 15) is 0 Å². The molecular formula is C26H16Cl2N4. The summed E-state index contributed by atoms with van der Waals surface area (Å²) >= 11 is 12.7. The number of nitrogens with zero attached hydrogens (tertiary/aromatic N) is 3. The fraction of sp³-hybridized carbons (Fsp3) is 0. The Morgan fingerprint density at radius 1 is 0.781 bits per heavy atom. The lowest BCUT2D eigenvalue weighted by Gasteiger charge is -2.13. The van der Waals surface area contributed by atoms with Crippen LogP contribution in [0.3, 0.4) is 0 Å². The number of hydrogen-bond acceptors (Lipinski definition) is 2. The van der Waals surface area contributed by atoms with Gasteiger partial charge in [0, 0.05) is 49.9 Å². The number of rotatable bonds is 3. The summed E-state index contributed by atoms with van der Waals surface area (Å²) < 4.78 is 1.88. The third kappa shape index (κ3) is 3.16. The van der Waals surface area contributed by atoms with Gasteiger partial charge in [-0.15, -0.1) is 0 Å². The Morgan fingerprint density at radius 3 is 2.38 bits per heavy atom. The van der Waals surface area contributed by atoms with E-state index in [4.69, 9.17) is 33.3 Å². The number of nitrogens with one attached hydrogen (secondary N) is 1. The van der Waals surface area contributed by atoms with Crippen LogP contribution in [0.2, 0.25) is 10.0 Å². The van der Waals surface area contributed by atoms with E-state index in [2.05, 4.69) is 23.2 Å². The first kappa shape index (κ1) is 19.1. The molecule has 32 heavy (non-hydrogen) atoms. The van der Waals surface area contributed by atoms with Crippen molar-refractivity contribution in [3.8, 4) is 33.8 Å². The normalized spacial score (nSPS) is 11.4. The smallest absolute Gasteiger partial charge is 0.156 e. The zero-order valence-electron chi connectivity index (χ0n) is 16.8. The van der Waals surface area contributed by atoms with Crippen LogP contribution in [0.15, 0.2) is 91.1 Å². The Morgan fingerprint density at radius 2 is 1.56 bits per heavy atom. The van der Waals surface area contributed by atoms with Crippen molar-refractivity contribution in [1.29, 1.82) is 0 Å². The lowest BCUT2D eigenvalue weighted by molar-refractivity contribution is 0.952. The molecule has 0 aliphatic rings. The van der Waals surface area contributed by atoms with Crippen LogP contribution in [-0.4, -0.2) is 19.6 Å². The standard InChI is InChI=1S/C26H16Cl2N4/c27-18-11-9-16(10-12-18)26-20(19-6-2-3-7-21(19)28)15-29-25-14-24(31-32(25)26)23-13-17-5-1-4-8-22(17)30-23/h1-15,30H. The maximum absolute atomic E-state index is 6.56. The monoisotopic (exact) mass is 454 g/mol. The summed E-state index contributed by atoms with van der Waals surface area (Å²) in [5.74, 6) is 0. The van der Waals surface area contributed by atoms with Crippen molar-refractivity contribution in [2.24, 2.45) is 0 Å². The van der Waals surface area contributed by atoms with Gasteiger partial charge in [0.05, 0.1) is 11.4 Å². The van der Waals surface area contributed by atoms with Crippen LogP contribution in [0.5, 0.6) is 0 Å². The van der Waals surface area contributed by atoms with Crippen molar-refractivity contribution < 1.29 is 0 Å². The predicted octanol–water partition coefficient (Wildman–Crippen LogP) is 7.52. The second-order valence-electron chi connectivity index (χ2n) is 7.58. The molecule has 0 atom stereocenters. The van der Waals surface area contributed by atoms with Crippen LogP contribution in [0.1, 0.15) is 0 Å². The van der Waals surface area contributed by atoms with E-state index < -0.39 is 0 Å². The molecule has 0 amide bonds. The first-order valence-electron chi connectivity index (χ1n) is 10.2. The minimum Gasteiger partial charge on any atom is -0.353 e. The molecule has 0 unspecified atom stereocenters. The molecule has 4 nitrogen and oxygen atoms in total. The van der Waals surface area contributed by atoms with Gasteiger partial charge in [-0.3, -0.25) is 0 Å². The fourth-order valence-corrected chi connectivity index (χ4v) is 4.40. The first-order chi connectivity index (χ1) is 15.7. The highest BCUT2D eigenvalue weighted by Gasteiger charge is 2.18. The molecule has 0 saturated carbocycles. The van der Waals surface area contributed by atoms with Crippen LogP contribution >= 0.6 is 23.2 Å². The van der Waals surface area contributed by atoms with Gasteiger partial charge in [0.25, 0.3) is 0 Å². The molecule has 0 aliphatic carbocycles. The lowest BCUT2D eigenvalue weighted by atomic mass is 10.0. The molecular weight excluding hydrogens is 439 g/mol. The molecule has 154 valence electrons. The minimum absolute atomic E-state index is 0.659. The van der Waals surface area contributed by atoms with Gasteiger partial charge in [-0.1, -0.05) is 71.7 Å². The number of para-hydroxylation sites is 1. The number of H-pyrrole nitrogens is 1. The number of hydrogen-bond donors (Lipinski definition) is 1. The maximum atomic E-state index is 6.56. The van der Waals surface area contributed by atoms with Gasteiger partial charge in [0.1, 0.15) is 5.69 Å². The average Bonchev–Trinajstić information content (AvgIpc) is 3.44. The van der Waals surface area contributed by atoms with Gasteiger partial charge in [-0.25, -0.2) is 9.50 Å². The Bertz CT molecular complexity index is 1560. The summed E-state index contributed by atoms with van der Waals surface area (Å²) in [6.07, 6.45) is 1.86. The SMILES string of the molecule is Clc1ccc(-c2c(-c3ccccc3Cl)cnc3cc(-c4cc5ccccc5[nH]4)nn23)cc1. The minimum atomic E-state index is 0.659. The van der Waals surface area contributed by atoms with Gasteiger partial charge in [-0.05, 0) is 30.3 Å². The molecule has 1 N–H and O–H groups in total. The number of aromatic amines is 1. The Labute approximate surface area is 194 Å². The first-order valence-corrected chi connectivity index (χ1v) is 10.9. The zero-order valence-corrected chi connectivity index (χ0v) is 18.3. The van der Waals surface area contributed by atoms with Crippen molar-refractivity contribution in [2.45, 2.75) is 0 Å². The summed E-state index contributed by atoms with van der Waals surface area (Å²) in [7, 11) is 0. The second-order valence-corrected chi connectivity index (χ2v) is 8.42. The number of fused-ring (bicyclic) bond motifs is 2. The molecule has 0 aliphatic heterocycles. The van der Waals surface area contributed by atoms with Crippen molar-refractivity contribution >= 4 is 39.8 Å². The lowest BCUT2D eigenvalue weighted by Crippen LogP contribution is -2.00. The molecule has 3 aromatic heterocycles. The van der Waals surface area contributed by atoms with E-state index in [1.807, 2.05) is 77.4 Å². The van der Waals surface area contributed by atoms with Crippen LogP contribution in [0, 0.1) is 0 Å². The van der Waals surface area contributed by atoms with Crippen LogP contribution < -0.4 is 0 Å². The third-order valence-corrected chi connectivity index (χ3v) is 6.15. The molecule has 3 aromatic carbocycles. The Balaban J connectivity index is 1.62. The van der Waals surface area contributed by atoms with Gasteiger partial charge in [0.15, 0.2) is 5.65 Å². The quantitative estimate of drug-likeness (QED) is 0.300. The molecule has 3 heterocycles. The average molecular weight is 455 g/mol. The highest BCUT2D eigenvalue weighted by molar-refractivity contribution is 6.33. The van der Waals surface area contributed by atoms with Crippen molar-refractivity contribution in [3.63, 3.8) is 0 Å². The van der Waals surface area contributed by atoms with Gasteiger partial charge < -0.3 is 4.98 Å². The third-order valence-electron chi connectivity index (χ3n) is 5.57. The van der Waals surface area contributed by atoms with Crippen LogP contribution in [0.25, 0.3) is 50.3 Å². The number of aromatic nitrogens is 4. The van der Waals surface area contributed by atoms with Crippen molar-refractivity contribution in [2.75, 3.05) is 0 Å². The summed E-state index contributed by atoms with van der Waals surface area (Å²) in [4.78, 5) is 8.16. The highest BCUT2D eigenvalue weighted by atomic mass is 35.5. The largest absolute Gasteiger partial charge is 0.353 e. The van der Waals surface area contributed by atoms with Gasteiger partial charge >= 0.3 is 0 Å². The van der Waals surface area contributed by atoms with Crippen LogP contribution in [0.4, 0.5) is 0 Å². The molecule has 6 aromatic rings. The summed E-state index contributed by atoms with van der Waals surface area (Å²) in [6.45, 7) is 0. The van der Waals surface area contributed by atoms with E-state index in [-0.39, 0.29) is 0 Å². The molecule has 0 saturated heterocycles. The van der Waals surface area contributed by atoms with E-state index in [0.29, 0.717) is 10.0 Å².